The van der Waals surface area contributed by atoms with Gasteiger partial charge in [0.05, 0.1) is 5.56 Å². The Morgan fingerprint density at radius 3 is 2.42 bits per heavy atom. The number of anilines is 3. The molecule has 0 aliphatic rings. The van der Waals surface area contributed by atoms with Gasteiger partial charge in [0.25, 0.3) is 0 Å². The average molecular weight is 272 g/mol. The number of nitrogens with zero attached hydrogens (tertiary/aromatic N) is 3. The second-order valence-corrected chi connectivity index (χ2v) is 3.77. The standard InChI is InChI=1S/C10H11F3N6/c1-19-3-2-7(18-19)15-8-4-6(10(11,12)13)5-9(16-8)17-14/h2-5H,14H2,1H3,(H2,15,16,17,18). The van der Waals surface area contributed by atoms with E-state index in [9.17, 15) is 13.2 Å². The molecule has 0 amide bonds. The van der Waals surface area contributed by atoms with Gasteiger partial charge in [0.15, 0.2) is 5.82 Å². The summed E-state index contributed by atoms with van der Waals surface area (Å²) in [5, 5.41) is 6.66. The van der Waals surface area contributed by atoms with Crippen LogP contribution in [0.1, 0.15) is 5.56 Å². The van der Waals surface area contributed by atoms with E-state index in [1.165, 1.54) is 4.68 Å². The van der Waals surface area contributed by atoms with Gasteiger partial charge in [-0.3, -0.25) is 4.68 Å². The average Bonchev–Trinajstić information content (AvgIpc) is 2.73. The van der Waals surface area contributed by atoms with Gasteiger partial charge in [0.1, 0.15) is 11.6 Å². The monoisotopic (exact) mass is 272 g/mol. The maximum absolute atomic E-state index is 12.7. The summed E-state index contributed by atoms with van der Waals surface area (Å²) in [6.07, 6.45) is -2.83. The molecule has 0 bridgehead atoms. The molecule has 2 aromatic rings. The van der Waals surface area contributed by atoms with Crippen LogP contribution in [0.15, 0.2) is 24.4 Å². The molecule has 2 rings (SSSR count). The minimum atomic E-state index is -4.48. The zero-order valence-corrected chi connectivity index (χ0v) is 9.86. The summed E-state index contributed by atoms with van der Waals surface area (Å²) in [6.45, 7) is 0. The fraction of sp³-hybridized carbons (Fsp3) is 0.200. The van der Waals surface area contributed by atoms with Gasteiger partial charge >= 0.3 is 6.18 Å². The van der Waals surface area contributed by atoms with Gasteiger partial charge in [-0.2, -0.15) is 18.3 Å². The summed E-state index contributed by atoms with van der Waals surface area (Å²) in [4.78, 5) is 3.87. The molecule has 6 nitrogen and oxygen atoms in total. The summed E-state index contributed by atoms with van der Waals surface area (Å²) in [7, 11) is 1.69. The number of pyridine rings is 1. The quantitative estimate of drug-likeness (QED) is 0.587. The second-order valence-electron chi connectivity index (χ2n) is 3.77. The van der Waals surface area contributed by atoms with Crippen LogP contribution in [0.5, 0.6) is 0 Å². The molecule has 0 spiro atoms. The Balaban J connectivity index is 2.34. The highest BCUT2D eigenvalue weighted by molar-refractivity contribution is 5.56. The molecule has 0 fully saturated rings. The highest BCUT2D eigenvalue weighted by Crippen LogP contribution is 2.32. The van der Waals surface area contributed by atoms with Crippen LogP contribution < -0.4 is 16.6 Å². The van der Waals surface area contributed by atoms with Gasteiger partial charge in [0.2, 0.25) is 0 Å². The van der Waals surface area contributed by atoms with Crippen LogP contribution in [0.2, 0.25) is 0 Å². The maximum atomic E-state index is 12.7. The third-order valence-electron chi connectivity index (χ3n) is 2.27. The van der Waals surface area contributed by atoms with E-state index in [2.05, 4.69) is 20.8 Å². The third-order valence-corrected chi connectivity index (χ3v) is 2.27. The molecular formula is C10H11F3N6. The number of rotatable bonds is 3. The van der Waals surface area contributed by atoms with Crippen LogP contribution in [-0.4, -0.2) is 14.8 Å². The lowest BCUT2D eigenvalue weighted by Gasteiger charge is -2.11. The summed E-state index contributed by atoms with van der Waals surface area (Å²) in [5.41, 5.74) is 1.24. The van der Waals surface area contributed by atoms with E-state index in [-0.39, 0.29) is 11.6 Å². The number of aryl methyl sites for hydroxylation is 1. The van der Waals surface area contributed by atoms with Crippen molar-refractivity contribution < 1.29 is 13.2 Å². The van der Waals surface area contributed by atoms with Crippen molar-refractivity contribution in [1.29, 1.82) is 0 Å². The molecule has 0 radical (unpaired) electrons. The van der Waals surface area contributed by atoms with Crippen molar-refractivity contribution in [3.63, 3.8) is 0 Å². The number of aromatic nitrogens is 3. The topological polar surface area (TPSA) is 80.8 Å². The lowest BCUT2D eigenvalue weighted by molar-refractivity contribution is -0.137. The molecule has 0 aliphatic heterocycles. The zero-order chi connectivity index (χ0) is 14.0. The molecule has 2 aromatic heterocycles. The Bertz CT molecular complexity index is 577. The van der Waals surface area contributed by atoms with Crippen molar-refractivity contribution in [2.45, 2.75) is 6.18 Å². The molecule has 19 heavy (non-hydrogen) atoms. The third kappa shape index (κ3) is 3.13. The number of hydrazine groups is 1. The highest BCUT2D eigenvalue weighted by atomic mass is 19.4. The van der Waals surface area contributed by atoms with E-state index in [0.717, 1.165) is 12.1 Å². The molecule has 0 aliphatic carbocycles. The van der Waals surface area contributed by atoms with Gasteiger partial charge in [-0.1, -0.05) is 0 Å². The second kappa shape index (κ2) is 4.76. The van der Waals surface area contributed by atoms with Crippen molar-refractivity contribution in [2.24, 2.45) is 12.9 Å². The van der Waals surface area contributed by atoms with Crippen LogP contribution in [0.4, 0.5) is 30.6 Å². The summed E-state index contributed by atoms with van der Waals surface area (Å²) >= 11 is 0. The number of halogens is 3. The SMILES string of the molecule is Cn1ccc(Nc2cc(C(F)(F)F)cc(NN)n2)n1. The van der Waals surface area contributed by atoms with Gasteiger partial charge < -0.3 is 10.7 Å². The van der Waals surface area contributed by atoms with E-state index in [4.69, 9.17) is 5.84 Å². The predicted molar refractivity (Wildman–Crippen MR) is 63.5 cm³/mol. The van der Waals surface area contributed by atoms with E-state index >= 15 is 0 Å². The number of hydrogen-bond donors (Lipinski definition) is 3. The van der Waals surface area contributed by atoms with E-state index in [0.29, 0.717) is 5.82 Å². The van der Waals surface area contributed by atoms with E-state index in [1.807, 2.05) is 0 Å². The van der Waals surface area contributed by atoms with Crippen molar-refractivity contribution >= 4 is 17.5 Å². The Kier molecular flexibility index (Phi) is 3.30. The first-order valence-electron chi connectivity index (χ1n) is 5.21. The molecule has 102 valence electrons. The normalized spacial score (nSPS) is 11.4. The number of hydrogen-bond acceptors (Lipinski definition) is 5. The lowest BCUT2D eigenvalue weighted by atomic mass is 10.2. The highest BCUT2D eigenvalue weighted by Gasteiger charge is 2.31. The van der Waals surface area contributed by atoms with Crippen LogP contribution in [0.25, 0.3) is 0 Å². The molecule has 0 aromatic carbocycles. The van der Waals surface area contributed by atoms with Gasteiger partial charge in [-0.15, -0.1) is 0 Å². The summed E-state index contributed by atoms with van der Waals surface area (Å²) < 4.78 is 39.6. The number of nitrogen functional groups attached to an aromatic ring is 1. The van der Waals surface area contributed by atoms with Crippen LogP contribution in [0.3, 0.4) is 0 Å². The van der Waals surface area contributed by atoms with Crippen LogP contribution >= 0.6 is 0 Å². The molecule has 0 saturated carbocycles. The van der Waals surface area contributed by atoms with Crippen molar-refractivity contribution in [1.82, 2.24) is 14.8 Å². The fourth-order valence-corrected chi connectivity index (χ4v) is 1.45. The molecule has 2 heterocycles. The fourth-order valence-electron chi connectivity index (χ4n) is 1.45. The molecule has 0 unspecified atom stereocenters. The first-order chi connectivity index (χ1) is 8.88. The van der Waals surface area contributed by atoms with Crippen molar-refractivity contribution in [3.05, 3.63) is 30.0 Å². The maximum Gasteiger partial charge on any atom is 0.416 e. The summed E-state index contributed by atoms with van der Waals surface area (Å²) in [5.74, 6) is 5.40. The molecule has 9 heteroatoms. The largest absolute Gasteiger partial charge is 0.416 e. The molecule has 4 N–H and O–H groups in total. The number of nitrogens with one attached hydrogen (secondary N) is 2. The number of nitrogens with two attached hydrogens (primary N) is 1. The first-order valence-corrected chi connectivity index (χ1v) is 5.21. The molecule has 0 saturated heterocycles. The van der Waals surface area contributed by atoms with Crippen LogP contribution in [0, 0.1) is 0 Å². The Morgan fingerprint density at radius 1 is 1.21 bits per heavy atom. The Hall–Kier alpha value is -2.29. The zero-order valence-electron chi connectivity index (χ0n) is 9.86. The molecule has 0 atom stereocenters. The first kappa shape index (κ1) is 13.1. The van der Waals surface area contributed by atoms with Crippen molar-refractivity contribution in [2.75, 3.05) is 10.7 Å². The predicted octanol–water partition coefficient (Wildman–Crippen LogP) is 1.86. The minimum absolute atomic E-state index is 0.00137. The lowest BCUT2D eigenvalue weighted by Crippen LogP contribution is -2.13. The van der Waals surface area contributed by atoms with E-state index in [1.54, 1.807) is 19.3 Å². The Morgan fingerprint density at radius 2 is 1.89 bits per heavy atom. The van der Waals surface area contributed by atoms with Gasteiger partial charge in [-0.25, -0.2) is 10.8 Å². The van der Waals surface area contributed by atoms with Crippen LogP contribution in [-0.2, 0) is 13.2 Å². The molecular weight excluding hydrogens is 261 g/mol. The van der Waals surface area contributed by atoms with Crippen molar-refractivity contribution in [3.8, 4) is 0 Å². The number of alkyl halides is 3. The Labute approximate surface area is 106 Å². The smallest absolute Gasteiger partial charge is 0.323 e. The summed E-state index contributed by atoms with van der Waals surface area (Å²) in [6, 6.07) is 3.32. The van der Waals surface area contributed by atoms with Gasteiger partial charge in [0, 0.05) is 19.3 Å². The van der Waals surface area contributed by atoms with E-state index < -0.39 is 11.7 Å². The minimum Gasteiger partial charge on any atom is -0.323 e. The van der Waals surface area contributed by atoms with Gasteiger partial charge in [-0.05, 0) is 12.1 Å².